The highest BCUT2D eigenvalue weighted by Gasteiger charge is 2.26. The van der Waals surface area contributed by atoms with E-state index in [1.165, 1.54) is 148 Å². The lowest BCUT2D eigenvalue weighted by Crippen LogP contribution is -2.45. The summed E-state index contributed by atoms with van der Waals surface area (Å²) in [5.74, 6) is -0.206. The summed E-state index contributed by atoms with van der Waals surface area (Å²) in [6, 6.07) is -0.875. The average Bonchev–Trinajstić information content (AvgIpc) is 3.14. The number of carbonyl (C=O) groups is 1. The molecular weight excluding hydrogens is 683 g/mol. The third-order valence-electron chi connectivity index (χ3n) is 9.69. The lowest BCUT2D eigenvalue weighted by atomic mass is 10.0. The van der Waals surface area contributed by atoms with Crippen molar-refractivity contribution in [3.05, 3.63) is 36.5 Å². The van der Waals surface area contributed by atoms with Crippen LogP contribution >= 0.6 is 7.82 Å². The fourth-order valence-electron chi connectivity index (χ4n) is 6.32. The van der Waals surface area contributed by atoms with Gasteiger partial charge < -0.3 is 21.1 Å². The van der Waals surface area contributed by atoms with Crippen molar-refractivity contribution in [1.82, 2.24) is 5.32 Å². The van der Waals surface area contributed by atoms with Crippen LogP contribution in [0, 0.1) is 0 Å². The molecule has 3 unspecified atom stereocenters. The molecule has 0 heterocycles. The lowest BCUT2D eigenvalue weighted by Gasteiger charge is -2.23. The Bertz CT molecular complexity index is 928. The van der Waals surface area contributed by atoms with Crippen molar-refractivity contribution in [3.63, 3.8) is 0 Å². The number of aliphatic hydroxyl groups excluding tert-OH is 1. The van der Waals surface area contributed by atoms with E-state index in [0.29, 0.717) is 6.42 Å². The third-order valence-corrected chi connectivity index (χ3v) is 10.7. The molecular formula is C44H85N2O6P. The molecule has 0 aliphatic carbocycles. The summed E-state index contributed by atoms with van der Waals surface area (Å²) in [5, 5.41) is 13.6. The fraction of sp³-hybridized carbons (Fsp3) is 0.841. The van der Waals surface area contributed by atoms with Gasteiger partial charge in [-0.2, -0.15) is 0 Å². The zero-order valence-corrected chi connectivity index (χ0v) is 35.4. The summed E-state index contributed by atoms with van der Waals surface area (Å²) in [4.78, 5) is 22.7. The van der Waals surface area contributed by atoms with Crippen LogP contribution in [0.25, 0.3) is 0 Å². The summed E-state index contributed by atoms with van der Waals surface area (Å²) >= 11 is 0. The van der Waals surface area contributed by atoms with Gasteiger partial charge in [-0.15, -0.1) is 0 Å². The van der Waals surface area contributed by atoms with Crippen LogP contribution in [0.15, 0.2) is 36.5 Å². The van der Waals surface area contributed by atoms with Crippen molar-refractivity contribution in [1.29, 1.82) is 0 Å². The van der Waals surface area contributed by atoms with Crippen molar-refractivity contribution in [2.45, 2.75) is 219 Å². The third kappa shape index (κ3) is 38.8. The van der Waals surface area contributed by atoms with E-state index in [4.69, 9.17) is 14.8 Å². The van der Waals surface area contributed by atoms with Crippen LogP contribution in [0.1, 0.15) is 206 Å². The molecule has 0 bridgehead atoms. The van der Waals surface area contributed by atoms with E-state index in [-0.39, 0.29) is 25.7 Å². The first-order chi connectivity index (χ1) is 25.9. The first-order valence-corrected chi connectivity index (χ1v) is 23.6. The van der Waals surface area contributed by atoms with Gasteiger partial charge in [0.1, 0.15) is 0 Å². The predicted molar refractivity (Wildman–Crippen MR) is 226 cm³/mol. The maximum atomic E-state index is 12.7. The second-order valence-corrected chi connectivity index (χ2v) is 16.3. The quantitative estimate of drug-likeness (QED) is 0.0277. The highest BCUT2D eigenvalue weighted by Crippen LogP contribution is 2.43. The minimum absolute atomic E-state index is 0.0739. The van der Waals surface area contributed by atoms with E-state index in [2.05, 4.69) is 43.5 Å². The van der Waals surface area contributed by atoms with E-state index in [1.807, 2.05) is 6.08 Å². The van der Waals surface area contributed by atoms with E-state index >= 15 is 0 Å². The van der Waals surface area contributed by atoms with Gasteiger partial charge in [-0.25, -0.2) is 4.57 Å². The molecule has 3 atom stereocenters. The Labute approximate surface area is 327 Å². The molecule has 0 spiro atoms. The Morgan fingerprint density at radius 3 is 1.45 bits per heavy atom. The zero-order chi connectivity index (χ0) is 38.9. The van der Waals surface area contributed by atoms with Crippen LogP contribution in [-0.2, 0) is 18.4 Å². The number of carbonyl (C=O) groups excluding carboxylic acids is 1. The number of aliphatic hydroxyl groups is 1. The Kier molecular flexibility index (Phi) is 39.4. The highest BCUT2D eigenvalue weighted by atomic mass is 31.2. The highest BCUT2D eigenvalue weighted by molar-refractivity contribution is 7.47. The first-order valence-electron chi connectivity index (χ1n) is 22.1. The van der Waals surface area contributed by atoms with Crippen LogP contribution in [0.3, 0.4) is 0 Å². The minimum Gasteiger partial charge on any atom is -0.387 e. The molecule has 0 radical (unpaired) electrons. The monoisotopic (exact) mass is 769 g/mol. The second kappa shape index (κ2) is 40.4. The maximum absolute atomic E-state index is 12.7. The molecule has 0 saturated carbocycles. The summed E-state index contributed by atoms with van der Waals surface area (Å²) in [7, 11) is -4.34. The molecule has 5 N–H and O–H groups in total. The number of phosphoric ester groups is 1. The van der Waals surface area contributed by atoms with Gasteiger partial charge in [0.15, 0.2) is 0 Å². The van der Waals surface area contributed by atoms with Crippen molar-refractivity contribution in [2.24, 2.45) is 5.73 Å². The summed E-state index contributed by atoms with van der Waals surface area (Å²) in [5.41, 5.74) is 5.36. The van der Waals surface area contributed by atoms with Crippen molar-refractivity contribution >= 4 is 13.7 Å². The largest absolute Gasteiger partial charge is 0.472 e. The van der Waals surface area contributed by atoms with Crippen molar-refractivity contribution < 1.29 is 28.4 Å². The zero-order valence-electron chi connectivity index (χ0n) is 34.5. The molecule has 0 aromatic carbocycles. The number of nitrogens with one attached hydrogen (secondary N) is 1. The van der Waals surface area contributed by atoms with Crippen LogP contribution in [0.2, 0.25) is 0 Å². The Morgan fingerprint density at radius 2 is 1.00 bits per heavy atom. The van der Waals surface area contributed by atoms with Gasteiger partial charge >= 0.3 is 7.82 Å². The first kappa shape index (κ1) is 51.7. The van der Waals surface area contributed by atoms with Crippen LogP contribution < -0.4 is 11.1 Å². The molecule has 0 aromatic heterocycles. The van der Waals surface area contributed by atoms with Gasteiger partial charge in [0, 0.05) is 13.0 Å². The molecule has 8 nitrogen and oxygen atoms in total. The molecule has 53 heavy (non-hydrogen) atoms. The molecule has 0 aromatic rings. The van der Waals surface area contributed by atoms with Gasteiger partial charge in [-0.1, -0.05) is 179 Å². The summed E-state index contributed by atoms with van der Waals surface area (Å²) < 4.78 is 22.1. The van der Waals surface area contributed by atoms with E-state index in [1.54, 1.807) is 6.08 Å². The number of amides is 1. The summed E-state index contributed by atoms with van der Waals surface area (Å²) in [6.07, 6.45) is 47.8. The number of rotatable bonds is 41. The van der Waals surface area contributed by atoms with Crippen molar-refractivity contribution in [2.75, 3.05) is 19.8 Å². The standard InChI is InChI=1S/C44H85N2O6P/c1-3-5-7-9-11-13-15-16-17-18-19-20-21-22-23-24-25-26-28-30-32-34-36-38-44(48)46-42(41-52-53(49,50)51-40-39-45)43(47)37-35-33-31-29-27-14-12-10-8-6-4-2/h18-19,27,29,35,37,42-43,47H,3-17,20-26,28,30-34,36,38-41,45H2,1-2H3,(H,46,48)(H,49,50)/b19-18-,29-27+,37-35+. The van der Waals surface area contributed by atoms with E-state index in [0.717, 1.165) is 38.5 Å². The Morgan fingerprint density at radius 1 is 0.604 bits per heavy atom. The molecule has 0 saturated heterocycles. The second-order valence-electron chi connectivity index (χ2n) is 14.9. The maximum Gasteiger partial charge on any atom is 0.472 e. The molecule has 0 aliphatic rings. The summed E-state index contributed by atoms with van der Waals surface area (Å²) in [6.45, 7) is 4.09. The fourth-order valence-corrected chi connectivity index (χ4v) is 7.08. The van der Waals surface area contributed by atoms with Crippen LogP contribution in [0.5, 0.6) is 0 Å². The molecule has 0 rings (SSSR count). The van der Waals surface area contributed by atoms with Gasteiger partial charge in [0.25, 0.3) is 0 Å². The normalized spacial score (nSPS) is 14.4. The molecule has 9 heteroatoms. The number of phosphoric acid groups is 1. The number of unbranched alkanes of at least 4 members (excludes halogenated alkanes) is 25. The average molecular weight is 769 g/mol. The van der Waals surface area contributed by atoms with E-state index < -0.39 is 20.0 Å². The van der Waals surface area contributed by atoms with E-state index in [9.17, 15) is 19.4 Å². The number of hydrogen-bond acceptors (Lipinski definition) is 6. The SMILES string of the molecule is CCCCCCC/C=C/CC/C=C/C(O)C(COP(=O)(O)OCCN)NC(=O)CCCCCCCCCCCCC/C=C\CCCCCCCCCC. The predicted octanol–water partition coefficient (Wildman–Crippen LogP) is 12.3. The number of nitrogens with two attached hydrogens (primary N) is 1. The minimum atomic E-state index is -4.34. The molecule has 0 aliphatic heterocycles. The van der Waals surface area contributed by atoms with Gasteiger partial charge in [-0.05, 0) is 57.8 Å². The topological polar surface area (TPSA) is 131 Å². The van der Waals surface area contributed by atoms with Gasteiger partial charge in [0.2, 0.25) is 5.91 Å². The molecule has 0 fully saturated rings. The Balaban J connectivity index is 4.09. The number of allylic oxidation sites excluding steroid dienone is 5. The lowest BCUT2D eigenvalue weighted by molar-refractivity contribution is -0.123. The molecule has 312 valence electrons. The Hall–Kier alpha value is -1.28. The molecule has 1 amide bonds. The van der Waals surface area contributed by atoms with Gasteiger partial charge in [0.05, 0.1) is 25.4 Å². The number of hydrogen-bond donors (Lipinski definition) is 4. The van der Waals surface area contributed by atoms with Crippen LogP contribution in [0.4, 0.5) is 0 Å². The van der Waals surface area contributed by atoms with Crippen molar-refractivity contribution in [3.8, 4) is 0 Å². The van der Waals surface area contributed by atoms with Gasteiger partial charge in [-0.3, -0.25) is 13.8 Å². The van der Waals surface area contributed by atoms with Crippen LogP contribution in [-0.4, -0.2) is 47.8 Å². The smallest absolute Gasteiger partial charge is 0.387 e.